The van der Waals surface area contributed by atoms with Gasteiger partial charge < -0.3 is 4.74 Å². The Hall–Kier alpha value is -2.08. The van der Waals surface area contributed by atoms with E-state index in [1.54, 1.807) is 19.4 Å². The van der Waals surface area contributed by atoms with E-state index in [1.165, 1.54) is 0 Å². The number of rotatable bonds is 1. The highest BCUT2D eigenvalue weighted by Gasteiger charge is 2.03. The van der Waals surface area contributed by atoms with Crippen LogP contribution in [-0.2, 0) is 0 Å². The van der Waals surface area contributed by atoms with Gasteiger partial charge in [0, 0.05) is 17.6 Å². The minimum absolute atomic E-state index is 0.542. The fourth-order valence-corrected chi connectivity index (χ4v) is 1.37. The summed E-state index contributed by atoms with van der Waals surface area (Å²) in [4.78, 5) is 4.15. The first kappa shape index (κ1) is 8.52. The van der Waals surface area contributed by atoms with Crippen molar-refractivity contribution in [2.24, 2.45) is 0 Å². The molecule has 0 saturated heterocycles. The topological polar surface area (TPSA) is 45.9 Å². The fraction of sp³-hybridized carbons (Fsp3) is 0.0909. The maximum atomic E-state index is 8.91. The van der Waals surface area contributed by atoms with Crippen molar-refractivity contribution in [1.29, 1.82) is 5.26 Å². The number of pyridine rings is 1. The van der Waals surface area contributed by atoms with Crippen molar-refractivity contribution >= 4 is 10.9 Å². The molecular formula is C11H8N2O. The molecule has 0 fully saturated rings. The molecule has 0 aliphatic heterocycles. The molecule has 0 amide bonds. The van der Waals surface area contributed by atoms with Crippen molar-refractivity contribution in [2.45, 2.75) is 0 Å². The maximum Gasteiger partial charge on any atom is 0.120 e. The van der Waals surface area contributed by atoms with Crippen LogP contribution in [0.4, 0.5) is 0 Å². The Morgan fingerprint density at radius 1 is 1.43 bits per heavy atom. The van der Waals surface area contributed by atoms with Gasteiger partial charge in [-0.3, -0.25) is 4.98 Å². The molecule has 0 atom stereocenters. The molecule has 14 heavy (non-hydrogen) atoms. The van der Waals surface area contributed by atoms with Gasteiger partial charge in [-0.1, -0.05) is 6.07 Å². The molecule has 1 aromatic heterocycles. The molecule has 0 unspecified atom stereocenters. The number of benzene rings is 1. The zero-order valence-electron chi connectivity index (χ0n) is 7.69. The summed E-state index contributed by atoms with van der Waals surface area (Å²) in [6.45, 7) is 0. The molecule has 1 aromatic carbocycles. The zero-order chi connectivity index (χ0) is 9.97. The summed E-state index contributed by atoms with van der Waals surface area (Å²) in [5.74, 6) is 0.682. The Balaban J connectivity index is 2.82. The number of aromatic nitrogens is 1. The van der Waals surface area contributed by atoms with Crippen LogP contribution in [0.3, 0.4) is 0 Å². The van der Waals surface area contributed by atoms with Gasteiger partial charge in [0.2, 0.25) is 0 Å². The third-order valence-electron chi connectivity index (χ3n) is 2.03. The first-order valence-electron chi connectivity index (χ1n) is 4.18. The summed E-state index contributed by atoms with van der Waals surface area (Å²) in [5, 5.41) is 9.83. The molecule has 0 bridgehead atoms. The van der Waals surface area contributed by atoms with Crippen molar-refractivity contribution < 1.29 is 4.74 Å². The third-order valence-corrected chi connectivity index (χ3v) is 2.03. The minimum atomic E-state index is 0.542. The summed E-state index contributed by atoms with van der Waals surface area (Å²) in [7, 11) is 1.58. The second-order valence-corrected chi connectivity index (χ2v) is 2.86. The quantitative estimate of drug-likeness (QED) is 0.681. The summed E-state index contributed by atoms with van der Waals surface area (Å²) in [6, 6.07) is 9.40. The average molecular weight is 184 g/mol. The van der Waals surface area contributed by atoms with Gasteiger partial charge in [-0.2, -0.15) is 5.26 Å². The van der Waals surface area contributed by atoms with Crippen LogP contribution in [0.15, 0.2) is 30.5 Å². The van der Waals surface area contributed by atoms with E-state index < -0.39 is 0 Å². The van der Waals surface area contributed by atoms with Crippen LogP contribution < -0.4 is 4.74 Å². The number of methoxy groups -OCH3 is 1. The van der Waals surface area contributed by atoms with Crippen LogP contribution in [0.2, 0.25) is 0 Å². The lowest BCUT2D eigenvalue weighted by molar-refractivity contribution is 0.415. The van der Waals surface area contributed by atoms with Crippen LogP contribution in [-0.4, -0.2) is 12.1 Å². The SMILES string of the molecule is COc1cc(C#N)c2ncccc2c1. The van der Waals surface area contributed by atoms with E-state index in [9.17, 15) is 0 Å². The van der Waals surface area contributed by atoms with Crippen molar-refractivity contribution in [1.82, 2.24) is 4.98 Å². The largest absolute Gasteiger partial charge is 0.497 e. The predicted octanol–water partition coefficient (Wildman–Crippen LogP) is 2.12. The number of nitrogens with zero attached hydrogens (tertiary/aromatic N) is 2. The molecule has 0 aliphatic rings. The molecule has 3 heteroatoms. The lowest BCUT2D eigenvalue weighted by atomic mass is 10.1. The summed E-state index contributed by atoms with van der Waals surface area (Å²) in [5.41, 5.74) is 1.26. The Morgan fingerprint density at radius 2 is 2.29 bits per heavy atom. The van der Waals surface area contributed by atoms with E-state index in [2.05, 4.69) is 11.1 Å². The molecule has 3 nitrogen and oxygen atoms in total. The molecule has 0 aliphatic carbocycles. The van der Waals surface area contributed by atoms with E-state index in [0.717, 1.165) is 10.9 Å². The van der Waals surface area contributed by atoms with E-state index in [4.69, 9.17) is 10.00 Å². The molecule has 68 valence electrons. The molecule has 0 spiro atoms. The Bertz CT molecular complexity index is 514. The fourth-order valence-electron chi connectivity index (χ4n) is 1.37. The molecule has 2 rings (SSSR count). The maximum absolute atomic E-state index is 8.91. The molecule has 0 N–H and O–H groups in total. The lowest BCUT2D eigenvalue weighted by Gasteiger charge is -2.03. The zero-order valence-corrected chi connectivity index (χ0v) is 7.69. The van der Waals surface area contributed by atoms with Gasteiger partial charge in [0.1, 0.15) is 11.8 Å². The summed E-state index contributed by atoms with van der Waals surface area (Å²) in [6.07, 6.45) is 1.68. The molecule has 2 aromatic rings. The highest BCUT2D eigenvalue weighted by atomic mass is 16.5. The minimum Gasteiger partial charge on any atom is -0.497 e. The average Bonchev–Trinajstić information content (AvgIpc) is 2.27. The monoisotopic (exact) mass is 184 g/mol. The number of ether oxygens (including phenoxy) is 1. The van der Waals surface area contributed by atoms with Crippen molar-refractivity contribution in [3.63, 3.8) is 0 Å². The summed E-state index contributed by atoms with van der Waals surface area (Å²) >= 11 is 0. The normalized spacial score (nSPS) is 9.71. The second-order valence-electron chi connectivity index (χ2n) is 2.86. The van der Waals surface area contributed by atoms with Crippen LogP contribution in [0.25, 0.3) is 10.9 Å². The molecule has 0 saturated carbocycles. The van der Waals surface area contributed by atoms with Gasteiger partial charge in [0.15, 0.2) is 0 Å². The van der Waals surface area contributed by atoms with E-state index in [0.29, 0.717) is 11.3 Å². The van der Waals surface area contributed by atoms with Crippen molar-refractivity contribution in [3.05, 3.63) is 36.0 Å². The third kappa shape index (κ3) is 1.27. The standard InChI is InChI=1S/C11H8N2O/c1-14-10-5-8-3-2-4-13-11(8)9(6-10)7-12/h2-6H,1H3. The second kappa shape index (κ2) is 3.35. The van der Waals surface area contributed by atoms with Crippen LogP contribution in [0.5, 0.6) is 5.75 Å². The number of hydrogen-bond acceptors (Lipinski definition) is 3. The van der Waals surface area contributed by atoms with Gasteiger partial charge in [0.05, 0.1) is 18.2 Å². The first-order valence-corrected chi connectivity index (χ1v) is 4.18. The predicted molar refractivity (Wildman–Crippen MR) is 53.0 cm³/mol. The number of nitriles is 1. The van der Waals surface area contributed by atoms with E-state index in [-0.39, 0.29) is 0 Å². The Morgan fingerprint density at radius 3 is 3.00 bits per heavy atom. The highest BCUT2D eigenvalue weighted by molar-refractivity contribution is 5.85. The van der Waals surface area contributed by atoms with Gasteiger partial charge in [-0.25, -0.2) is 0 Å². The van der Waals surface area contributed by atoms with Gasteiger partial charge >= 0.3 is 0 Å². The van der Waals surface area contributed by atoms with Crippen molar-refractivity contribution in [3.8, 4) is 11.8 Å². The molecular weight excluding hydrogens is 176 g/mol. The number of fused-ring (bicyclic) bond motifs is 1. The van der Waals surface area contributed by atoms with Crippen LogP contribution in [0.1, 0.15) is 5.56 Å². The van der Waals surface area contributed by atoms with Crippen LogP contribution >= 0.6 is 0 Å². The Labute approximate surface area is 81.6 Å². The van der Waals surface area contributed by atoms with Gasteiger partial charge in [-0.15, -0.1) is 0 Å². The smallest absolute Gasteiger partial charge is 0.120 e. The van der Waals surface area contributed by atoms with E-state index in [1.807, 2.05) is 18.2 Å². The van der Waals surface area contributed by atoms with Crippen molar-refractivity contribution in [2.75, 3.05) is 7.11 Å². The molecule has 1 heterocycles. The lowest BCUT2D eigenvalue weighted by Crippen LogP contribution is -1.88. The number of hydrogen-bond donors (Lipinski definition) is 0. The van der Waals surface area contributed by atoms with Gasteiger partial charge in [-0.05, 0) is 12.1 Å². The highest BCUT2D eigenvalue weighted by Crippen LogP contribution is 2.22. The Kier molecular flexibility index (Phi) is 2.04. The van der Waals surface area contributed by atoms with Crippen LogP contribution in [0, 0.1) is 11.3 Å². The van der Waals surface area contributed by atoms with E-state index >= 15 is 0 Å². The first-order chi connectivity index (χ1) is 6.85. The van der Waals surface area contributed by atoms with Gasteiger partial charge in [0.25, 0.3) is 0 Å². The summed E-state index contributed by atoms with van der Waals surface area (Å²) < 4.78 is 5.09. The molecule has 0 radical (unpaired) electrons.